The van der Waals surface area contributed by atoms with Crippen LogP contribution >= 0.6 is 0 Å². The summed E-state index contributed by atoms with van der Waals surface area (Å²) < 4.78 is 9.72. The van der Waals surface area contributed by atoms with E-state index in [9.17, 15) is 9.59 Å². The zero-order valence-corrected chi connectivity index (χ0v) is 9.57. The molecule has 0 N–H and O–H groups in total. The van der Waals surface area contributed by atoms with E-state index in [-0.39, 0.29) is 12.4 Å². The topological polar surface area (TPSA) is 52.6 Å². The lowest BCUT2D eigenvalue weighted by atomic mass is 10.1. The van der Waals surface area contributed by atoms with Crippen molar-refractivity contribution in [2.24, 2.45) is 0 Å². The summed E-state index contributed by atoms with van der Waals surface area (Å²) >= 11 is 0. The van der Waals surface area contributed by atoms with Gasteiger partial charge in [-0.15, -0.1) is 0 Å². The van der Waals surface area contributed by atoms with Crippen LogP contribution in [0.1, 0.15) is 22.8 Å². The summed E-state index contributed by atoms with van der Waals surface area (Å²) in [6, 6.07) is 5.28. The van der Waals surface area contributed by atoms with Gasteiger partial charge in [0, 0.05) is 6.92 Å². The van der Waals surface area contributed by atoms with Crippen molar-refractivity contribution < 1.29 is 19.1 Å². The molecule has 0 unspecified atom stereocenters. The molecule has 0 radical (unpaired) electrons. The van der Waals surface area contributed by atoms with Crippen molar-refractivity contribution in [3.05, 3.63) is 29.3 Å². The Morgan fingerprint density at radius 3 is 2.56 bits per heavy atom. The first-order valence-electron chi connectivity index (χ1n) is 4.86. The van der Waals surface area contributed by atoms with Gasteiger partial charge in [0.2, 0.25) is 5.78 Å². The average Bonchev–Trinajstić information content (AvgIpc) is 2.25. The normalized spacial score (nSPS) is 9.69. The van der Waals surface area contributed by atoms with Crippen molar-refractivity contribution in [2.45, 2.75) is 13.8 Å². The third kappa shape index (κ3) is 3.08. The molecule has 0 aromatic heterocycles. The molecule has 0 saturated carbocycles. The summed E-state index contributed by atoms with van der Waals surface area (Å²) in [5, 5.41) is 0. The standard InChI is InChI=1S/C12H14O4/c1-8-4-5-12(15-3)10(6-8)11(14)7-16-9(2)13/h4-6H,7H2,1-3H3. The lowest BCUT2D eigenvalue weighted by Crippen LogP contribution is -2.13. The zero-order chi connectivity index (χ0) is 12.1. The fraction of sp³-hybridized carbons (Fsp3) is 0.333. The van der Waals surface area contributed by atoms with Crippen LogP contribution < -0.4 is 4.74 Å². The Hall–Kier alpha value is -1.84. The molecule has 0 atom stereocenters. The molecule has 4 nitrogen and oxygen atoms in total. The molecule has 0 bridgehead atoms. The van der Waals surface area contributed by atoms with Gasteiger partial charge in [0.25, 0.3) is 0 Å². The number of benzene rings is 1. The van der Waals surface area contributed by atoms with Crippen molar-refractivity contribution in [3.8, 4) is 5.75 Å². The second-order valence-corrected chi connectivity index (χ2v) is 3.41. The number of aryl methyl sites for hydroxylation is 1. The number of ketones is 1. The molecule has 0 aliphatic carbocycles. The number of carbonyl (C=O) groups is 2. The Balaban J connectivity index is 2.88. The van der Waals surface area contributed by atoms with Crippen LogP contribution in [0, 0.1) is 6.92 Å². The molecule has 1 aromatic rings. The zero-order valence-electron chi connectivity index (χ0n) is 9.57. The maximum Gasteiger partial charge on any atom is 0.303 e. The van der Waals surface area contributed by atoms with Gasteiger partial charge in [-0.05, 0) is 19.1 Å². The van der Waals surface area contributed by atoms with Crippen LogP contribution in [0.4, 0.5) is 0 Å². The van der Waals surface area contributed by atoms with E-state index in [0.717, 1.165) is 5.56 Å². The highest BCUT2D eigenvalue weighted by molar-refractivity contribution is 6.00. The molecule has 0 heterocycles. The van der Waals surface area contributed by atoms with E-state index in [1.54, 1.807) is 12.1 Å². The van der Waals surface area contributed by atoms with Gasteiger partial charge in [-0.1, -0.05) is 11.6 Å². The Morgan fingerprint density at radius 1 is 1.31 bits per heavy atom. The van der Waals surface area contributed by atoms with Crippen LogP contribution in [-0.4, -0.2) is 25.5 Å². The molecule has 0 amide bonds. The fourth-order valence-corrected chi connectivity index (χ4v) is 1.28. The van der Waals surface area contributed by atoms with E-state index in [1.165, 1.54) is 14.0 Å². The molecule has 0 aliphatic heterocycles. The van der Waals surface area contributed by atoms with Crippen LogP contribution in [-0.2, 0) is 9.53 Å². The monoisotopic (exact) mass is 222 g/mol. The summed E-state index contributed by atoms with van der Waals surface area (Å²) in [5.74, 6) is -0.251. The summed E-state index contributed by atoms with van der Waals surface area (Å²) in [6.07, 6.45) is 0. The first-order valence-corrected chi connectivity index (χ1v) is 4.86. The maximum absolute atomic E-state index is 11.7. The summed E-state index contributed by atoms with van der Waals surface area (Å²) in [5.41, 5.74) is 1.38. The Morgan fingerprint density at radius 2 is 2.00 bits per heavy atom. The number of hydrogen-bond donors (Lipinski definition) is 0. The van der Waals surface area contributed by atoms with Gasteiger partial charge in [0.15, 0.2) is 6.61 Å². The van der Waals surface area contributed by atoms with Crippen molar-refractivity contribution in [2.75, 3.05) is 13.7 Å². The number of rotatable bonds is 4. The number of hydrogen-bond acceptors (Lipinski definition) is 4. The van der Waals surface area contributed by atoms with Crippen LogP contribution in [0.25, 0.3) is 0 Å². The van der Waals surface area contributed by atoms with E-state index in [2.05, 4.69) is 4.74 Å². The predicted octanol–water partition coefficient (Wildman–Crippen LogP) is 1.75. The molecular weight excluding hydrogens is 208 g/mol. The molecule has 0 aliphatic rings. The molecule has 86 valence electrons. The molecule has 0 spiro atoms. The predicted molar refractivity (Wildman–Crippen MR) is 58.7 cm³/mol. The minimum Gasteiger partial charge on any atom is -0.496 e. The number of methoxy groups -OCH3 is 1. The van der Waals surface area contributed by atoms with Gasteiger partial charge in [0.1, 0.15) is 5.75 Å². The van der Waals surface area contributed by atoms with Gasteiger partial charge in [-0.2, -0.15) is 0 Å². The lowest BCUT2D eigenvalue weighted by molar-refractivity contribution is -0.139. The first-order chi connectivity index (χ1) is 7.54. The number of esters is 1. The van der Waals surface area contributed by atoms with Gasteiger partial charge in [-0.3, -0.25) is 9.59 Å². The number of Topliss-reactive ketones (excluding diaryl/α,β-unsaturated/α-hetero) is 1. The number of ether oxygens (including phenoxy) is 2. The van der Waals surface area contributed by atoms with Crippen LogP contribution in [0.2, 0.25) is 0 Å². The number of carbonyl (C=O) groups excluding carboxylic acids is 2. The lowest BCUT2D eigenvalue weighted by Gasteiger charge is -2.08. The van der Waals surface area contributed by atoms with Gasteiger partial charge in [0.05, 0.1) is 12.7 Å². The Labute approximate surface area is 94.2 Å². The van der Waals surface area contributed by atoms with Crippen molar-refractivity contribution >= 4 is 11.8 Å². The van der Waals surface area contributed by atoms with Crippen LogP contribution in [0.15, 0.2) is 18.2 Å². The van der Waals surface area contributed by atoms with Gasteiger partial charge < -0.3 is 9.47 Å². The molecular formula is C12H14O4. The van der Waals surface area contributed by atoms with Gasteiger partial charge >= 0.3 is 5.97 Å². The molecule has 0 fully saturated rings. The third-order valence-electron chi connectivity index (χ3n) is 2.06. The van der Waals surface area contributed by atoms with Crippen molar-refractivity contribution in [3.63, 3.8) is 0 Å². The Kier molecular flexibility index (Phi) is 4.05. The average molecular weight is 222 g/mol. The van der Waals surface area contributed by atoms with Gasteiger partial charge in [-0.25, -0.2) is 0 Å². The second kappa shape index (κ2) is 5.30. The molecule has 1 aromatic carbocycles. The van der Waals surface area contributed by atoms with Crippen LogP contribution in [0.5, 0.6) is 5.75 Å². The maximum atomic E-state index is 11.7. The van der Waals surface area contributed by atoms with E-state index >= 15 is 0 Å². The fourth-order valence-electron chi connectivity index (χ4n) is 1.28. The smallest absolute Gasteiger partial charge is 0.303 e. The van der Waals surface area contributed by atoms with Crippen molar-refractivity contribution in [1.29, 1.82) is 0 Å². The van der Waals surface area contributed by atoms with Crippen LogP contribution in [0.3, 0.4) is 0 Å². The minimum absolute atomic E-state index is 0.255. The van der Waals surface area contributed by atoms with E-state index < -0.39 is 5.97 Å². The van der Waals surface area contributed by atoms with E-state index in [0.29, 0.717) is 11.3 Å². The minimum atomic E-state index is -0.472. The highest BCUT2D eigenvalue weighted by Crippen LogP contribution is 2.20. The highest BCUT2D eigenvalue weighted by Gasteiger charge is 2.13. The first kappa shape index (κ1) is 12.2. The third-order valence-corrected chi connectivity index (χ3v) is 2.06. The SMILES string of the molecule is COc1ccc(C)cc1C(=O)COC(C)=O. The highest BCUT2D eigenvalue weighted by atomic mass is 16.5. The largest absolute Gasteiger partial charge is 0.496 e. The van der Waals surface area contributed by atoms with E-state index in [4.69, 9.17) is 4.74 Å². The molecule has 0 saturated heterocycles. The summed E-state index contributed by atoms with van der Waals surface area (Å²) in [6.45, 7) is 2.89. The second-order valence-electron chi connectivity index (χ2n) is 3.41. The Bertz CT molecular complexity index is 409. The molecule has 16 heavy (non-hydrogen) atoms. The quantitative estimate of drug-likeness (QED) is 0.575. The molecule has 1 rings (SSSR count). The van der Waals surface area contributed by atoms with Crippen molar-refractivity contribution in [1.82, 2.24) is 0 Å². The summed E-state index contributed by atoms with van der Waals surface area (Å²) in [4.78, 5) is 22.3. The molecule has 4 heteroatoms. The summed E-state index contributed by atoms with van der Waals surface area (Å²) in [7, 11) is 1.49. The van der Waals surface area contributed by atoms with E-state index in [1.807, 2.05) is 13.0 Å².